The van der Waals surface area contributed by atoms with Gasteiger partial charge in [0.05, 0.1) is 31.0 Å². The lowest BCUT2D eigenvalue weighted by Crippen LogP contribution is -2.41. The molecular weight excluding hydrogens is 443 g/mol. The Bertz CT molecular complexity index is 967. The minimum Gasteiger partial charge on any atom is -0.465 e. The Morgan fingerprint density at radius 1 is 1.00 bits per heavy atom. The molecule has 1 aliphatic rings. The van der Waals surface area contributed by atoms with Crippen LogP contribution in [0.3, 0.4) is 0 Å². The monoisotopic (exact) mass is 469 g/mol. The SMILES string of the molecule is CCOC(=O)C=C1NC(C)=C(C(=O)OCC)C(c2ccccc2C(F)(F)F)C1C(=O)OCC. The largest absolute Gasteiger partial charge is 0.465 e. The lowest BCUT2D eigenvalue weighted by atomic mass is 9.73. The predicted molar refractivity (Wildman–Crippen MR) is 111 cm³/mol. The highest BCUT2D eigenvalue weighted by Gasteiger charge is 2.47. The smallest absolute Gasteiger partial charge is 0.416 e. The number of hydrogen-bond donors (Lipinski definition) is 1. The first-order valence-electron chi connectivity index (χ1n) is 10.4. The molecule has 0 saturated heterocycles. The van der Waals surface area contributed by atoms with E-state index in [0.717, 1.165) is 12.1 Å². The van der Waals surface area contributed by atoms with E-state index in [-0.39, 0.29) is 42.4 Å². The van der Waals surface area contributed by atoms with Crippen LogP contribution in [-0.4, -0.2) is 37.7 Å². The second-order valence-electron chi connectivity index (χ2n) is 7.03. The van der Waals surface area contributed by atoms with Crippen LogP contribution in [0.15, 0.2) is 47.3 Å². The van der Waals surface area contributed by atoms with E-state index in [1.165, 1.54) is 32.0 Å². The van der Waals surface area contributed by atoms with E-state index in [1.54, 1.807) is 13.8 Å². The third-order valence-corrected chi connectivity index (χ3v) is 4.91. The van der Waals surface area contributed by atoms with Crippen LogP contribution in [0.1, 0.15) is 44.7 Å². The molecule has 10 heteroatoms. The number of benzene rings is 1. The molecule has 1 aromatic rings. The molecule has 2 rings (SSSR count). The summed E-state index contributed by atoms with van der Waals surface area (Å²) in [5, 5.41) is 2.80. The first-order valence-corrected chi connectivity index (χ1v) is 10.4. The van der Waals surface area contributed by atoms with Gasteiger partial charge >= 0.3 is 24.1 Å². The number of halogens is 3. The number of nitrogens with one attached hydrogen (secondary N) is 1. The number of carbonyl (C=O) groups is 3. The normalized spacial score (nSPS) is 19.7. The van der Waals surface area contributed by atoms with Crippen LogP contribution >= 0.6 is 0 Å². The highest BCUT2D eigenvalue weighted by atomic mass is 19.4. The van der Waals surface area contributed by atoms with Crippen molar-refractivity contribution in [1.82, 2.24) is 5.32 Å². The highest BCUT2D eigenvalue weighted by Crippen LogP contribution is 2.46. The number of allylic oxidation sites excluding steroid dienone is 1. The first kappa shape index (κ1) is 26.0. The Kier molecular flexibility index (Phi) is 8.67. The van der Waals surface area contributed by atoms with Gasteiger partial charge in [0.15, 0.2) is 0 Å². The van der Waals surface area contributed by atoms with E-state index < -0.39 is 41.5 Å². The van der Waals surface area contributed by atoms with Crippen LogP contribution in [0, 0.1) is 5.92 Å². The van der Waals surface area contributed by atoms with Crippen molar-refractivity contribution in [1.29, 1.82) is 0 Å². The van der Waals surface area contributed by atoms with Gasteiger partial charge in [-0.1, -0.05) is 18.2 Å². The fourth-order valence-electron chi connectivity index (χ4n) is 3.72. The molecule has 1 heterocycles. The molecule has 0 fully saturated rings. The molecule has 1 aromatic carbocycles. The lowest BCUT2D eigenvalue weighted by Gasteiger charge is -2.36. The summed E-state index contributed by atoms with van der Waals surface area (Å²) in [7, 11) is 0. The summed E-state index contributed by atoms with van der Waals surface area (Å²) >= 11 is 0. The standard InChI is InChI=1S/C23H26F3NO6/c1-5-31-17(28)12-16-20(22(30)33-7-3)19(18(13(4)27-16)21(29)32-6-2)14-10-8-9-11-15(14)23(24,25)26/h8-12,19-20,27H,5-7H2,1-4H3. The third kappa shape index (κ3) is 5.94. The maximum absolute atomic E-state index is 13.9. The summed E-state index contributed by atoms with van der Waals surface area (Å²) in [5.74, 6) is -5.47. The minimum atomic E-state index is -4.76. The van der Waals surface area contributed by atoms with Gasteiger partial charge in [-0.15, -0.1) is 0 Å². The predicted octanol–water partition coefficient (Wildman–Crippen LogP) is 3.86. The van der Waals surface area contributed by atoms with Crippen LogP contribution in [0.4, 0.5) is 13.2 Å². The number of alkyl halides is 3. The van der Waals surface area contributed by atoms with Gasteiger partial charge < -0.3 is 19.5 Å². The summed E-state index contributed by atoms with van der Waals surface area (Å²) in [5.41, 5.74) is -1.39. The second kappa shape index (κ2) is 11.0. The first-order chi connectivity index (χ1) is 15.6. The zero-order valence-corrected chi connectivity index (χ0v) is 18.7. The second-order valence-corrected chi connectivity index (χ2v) is 7.03. The van der Waals surface area contributed by atoms with E-state index in [1.807, 2.05) is 0 Å². The molecule has 1 aliphatic heterocycles. The molecule has 0 aromatic heterocycles. The zero-order valence-electron chi connectivity index (χ0n) is 18.7. The van der Waals surface area contributed by atoms with Gasteiger partial charge in [-0.05, 0) is 39.3 Å². The number of rotatable bonds is 7. The molecule has 2 unspecified atom stereocenters. The van der Waals surface area contributed by atoms with Crippen LogP contribution in [0.25, 0.3) is 0 Å². The van der Waals surface area contributed by atoms with Crippen LogP contribution in [0.5, 0.6) is 0 Å². The number of carbonyl (C=O) groups excluding carboxylic acids is 3. The molecule has 180 valence electrons. The number of esters is 3. The molecule has 2 atom stereocenters. The van der Waals surface area contributed by atoms with Gasteiger partial charge in [-0.25, -0.2) is 9.59 Å². The average molecular weight is 469 g/mol. The summed E-state index contributed by atoms with van der Waals surface area (Å²) in [6, 6.07) is 4.65. The molecule has 1 N–H and O–H groups in total. The van der Waals surface area contributed by atoms with Crippen molar-refractivity contribution in [2.75, 3.05) is 19.8 Å². The van der Waals surface area contributed by atoms with Gasteiger partial charge in [-0.3, -0.25) is 4.79 Å². The maximum Gasteiger partial charge on any atom is 0.416 e. The Morgan fingerprint density at radius 2 is 1.61 bits per heavy atom. The van der Waals surface area contributed by atoms with Crippen molar-refractivity contribution in [3.63, 3.8) is 0 Å². The summed E-state index contributed by atoms with van der Waals surface area (Å²) in [6.45, 7) is 6.09. The molecule has 0 aliphatic carbocycles. The van der Waals surface area contributed by atoms with E-state index in [4.69, 9.17) is 14.2 Å². The summed E-state index contributed by atoms with van der Waals surface area (Å²) in [4.78, 5) is 38.0. The van der Waals surface area contributed by atoms with E-state index in [0.29, 0.717) is 0 Å². The van der Waals surface area contributed by atoms with Crippen LogP contribution < -0.4 is 5.32 Å². The number of hydrogen-bond acceptors (Lipinski definition) is 7. The van der Waals surface area contributed by atoms with E-state index in [2.05, 4.69) is 5.32 Å². The van der Waals surface area contributed by atoms with Crippen LogP contribution in [0.2, 0.25) is 0 Å². The summed E-state index contributed by atoms with van der Waals surface area (Å²) < 4.78 is 56.8. The molecule has 7 nitrogen and oxygen atoms in total. The Balaban J connectivity index is 2.86. The fourth-order valence-corrected chi connectivity index (χ4v) is 3.72. The molecule has 0 bridgehead atoms. The minimum absolute atomic E-state index is 0.0289. The van der Waals surface area contributed by atoms with Gasteiger partial charge in [-0.2, -0.15) is 13.2 Å². The van der Waals surface area contributed by atoms with Gasteiger partial charge in [0.2, 0.25) is 0 Å². The molecule has 0 radical (unpaired) electrons. The topological polar surface area (TPSA) is 90.9 Å². The van der Waals surface area contributed by atoms with Crippen molar-refractivity contribution in [2.24, 2.45) is 5.92 Å². The molecule has 0 saturated carbocycles. The molecular formula is C23H26F3NO6. The fraction of sp³-hybridized carbons (Fsp3) is 0.435. The number of ether oxygens (including phenoxy) is 3. The van der Waals surface area contributed by atoms with Crippen molar-refractivity contribution in [2.45, 2.75) is 39.8 Å². The maximum atomic E-state index is 13.9. The molecule has 0 amide bonds. The summed E-state index contributed by atoms with van der Waals surface area (Å²) in [6.07, 6.45) is -3.78. The van der Waals surface area contributed by atoms with Crippen molar-refractivity contribution in [3.05, 3.63) is 58.4 Å². The Hall–Kier alpha value is -3.30. The Labute approximate surface area is 189 Å². The van der Waals surface area contributed by atoms with E-state index >= 15 is 0 Å². The van der Waals surface area contributed by atoms with Crippen molar-refractivity contribution >= 4 is 17.9 Å². The molecule has 0 spiro atoms. The average Bonchev–Trinajstić information content (AvgIpc) is 2.73. The third-order valence-electron chi connectivity index (χ3n) is 4.91. The highest BCUT2D eigenvalue weighted by molar-refractivity contribution is 5.95. The quantitative estimate of drug-likeness (QED) is 0.368. The van der Waals surface area contributed by atoms with Crippen molar-refractivity contribution in [3.8, 4) is 0 Å². The van der Waals surface area contributed by atoms with Crippen LogP contribution in [-0.2, 0) is 34.8 Å². The Morgan fingerprint density at radius 3 is 2.18 bits per heavy atom. The van der Waals surface area contributed by atoms with Gasteiger partial charge in [0.25, 0.3) is 0 Å². The van der Waals surface area contributed by atoms with Gasteiger partial charge in [0, 0.05) is 23.4 Å². The molecule has 33 heavy (non-hydrogen) atoms. The van der Waals surface area contributed by atoms with Crippen molar-refractivity contribution < 1.29 is 41.8 Å². The van der Waals surface area contributed by atoms with Gasteiger partial charge in [0.1, 0.15) is 5.92 Å². The van der Waals surface area contributed by atoms with E-state index in [9.17, 15) is 27.6 Å². The lowest BCUT2D eigenvalue weighted by molar-refractivity contribution is -0.149. The zero-order chi connectivity index (χ0) is 24.8.